The smallest absolute Gasteiger partial charge is 0.109 e. The van der Waals surface area contributed by atoms with E-state index in [0.29, 0.717) is 6.10 Å². The predicted molar refractivity (Wildman–Crippen MR) is 117 cm³/mol. The highest BCUT2D eigenvalue weighted by molar-refractivity contribution is 7.98. The molecular formula is C25H32BrNOS. The summed E-state index contributed by atoms with van der Waals surface area (Å²) in [6, 6.07) is 19.4. The lowest BCUT2D eigenvalue weighted by Gasteiger charge is -2.47. The maximum Gasteiger partial charge on any atom is 0.109 e. The highest BCUT2D eigenvalue weighted by Crippen LogP contribution is 2.46. The second kappa shape index (κ2) is 8.74. The van der Waals surface area contributed by atoms with Gasteiger partial charge in [-0.15, -0.1) is 11.8 Å². The summed E-state index contributed by atoms with van der Waals surface area (Å²) in [6.07, 6.45) is 6.96. The van der Waals surface area contributed by atoms with Gasteiger partial charge in [0.15, 0.2) is 0 Å². The van der Waals surface area contributed by atoms with Crippen LogP contribution in [0.15, 0.2) is 53.4 Å². The standard InChI is InChI=1S/C25H32NOS.BrH/c1-3-14-26(2)19-12-13-20(26)16-21(15-19)27-25-22-9-5-4-8-18(22)17-28-24-11-7-6-10-23(24)25;/h4-11,19-21,25H,3,12-17H2,1-2H3;1H/q+1;/p-1. The molecule has 4 heteroatoms. The number of nitrogens with zero attached hydrogens (tertiary/aromatic N) is 1. The summed E-state index contributed by atoms with van der Waals surface area (Å²) in [5, 5.41) is 0. The molecule has 0 saturated carbocycles. The average molecular weight is 475 g/mol. The lowest BCUT2D eigenvalue weighted by Crippen LogP contribution is -3.00. The highest BCUT2D eigenvalue weighted by atomic mass is 79.9. The van der Waals surface area contributed by atoms with Crippen LogP contribution in [0.3, 0.4) is 0 Å². The van der Waals surface area contributed by atoms with Gasteiger partial charge in [-0.3, -0.25) is 0 Å². The Morgan fingerprint density at radius 2 is 1.62 bits per heavy atom. The fourth-order valence-electron chi connectivity index (χ4n) is 6.06. The summed E-state index contributed by atoms with van der Waals surface area (Å²) in [4.78, 5) is 1.38. The molecule has 3 aliphatic rings. The average Bonchev–Trinajstić information content (AvgIpc) is 2.88. The van der Waals surface area contributed by atoms with Crippen LogP contribution in [0.1, 0.15) is 61.8 Å². The van der Waals surface area contributed by atoms with Gasteiger partial charge in [-0.25, -0.2) is 0 Å². The Bertz CT molecular complexity index is 795. The Morgan fingerprint density at radius 3 is 2.34 bits per heavy atom. The number of fused-ring (bicyclic) bond motifs is 4. The molecule has 29 heavy (non-hydrogen) atoms. The molecule has 0 radical (unpaired) electrons. The number of rotatable bonds is 4. The van der Waals surface area contributed by atoms with Crippen LogP contribution in [0.4, 0.5) is 0 Å². The summed E-state index contributed by atoms with van der Waals surface area (Å²) in [5.74, 6) is 1.04. The van der Waals surface area contributed by atoms with Crippen LogP contribution in [0, 0.1) is 0 Å². The number of thioether (sulfide) groups is 1. The molecule has 0 spiro atoms. The Labute approximate surface area is 190 Å². The summed E-state index contributed by atoms with van der Waals surface area (Å²) in [5.41, 5.74) is 4.17. The van der Waals surface area contributed by atoms with Crippen LogP contribution in [0.25, 0.3) is 0 Å². The fourth-order valence-corrected chi connectivity index (χ4v) is 7.15. The highest BCUT2D eigenvalue weighted by Gasteiger charge is 2.51. The van der Waals surface area contributed by atoms with Gasteiger partial charge in [0.05, 0.1) is 31.8 Å². The van der Waals surface area contributed by atoms with Gasteiger partial charge in [0.2, 0.25) is 0 Å². The van der Waals surface area contributed by atoms with E-state index in [-0.39, 0.29) is 23.1 Å². The normalized spacial score (nSPS) is 32.6. The van der Waals surface area contributed by atoms with Crippen molar-refractivity contribution in [3.63, 3.8) is 0 Å². The number of quaternary nitrogens is 1. The first kappa shape index (κ1) is 21.4. The Balaban J connectivity index is 0.00000205. The van der Waals surface area contributed by atoms with Crippen molar-refractivity contribution in [1.29, 1.82) is 0 Å². The van der Waals surface area contributed by atoms with Crippen LogP contribution < -0.4 is 17.0 Å². The van der Waals surface area contributed by atoms with Crippen molar-refractivity contribution >= 4 is 11.8 Å². The quantitative estimate of drug-likeness (QED) is 0.631. The van der Waals surface area contributed by atoms with E-state index in [0.717, 1.165) is 17.8 Å². The van der Waals surface area contributed by atoms with Gasteiger partial charge >= 0.3 is 0 Å². The summed E-state index contributed by atoms with van der Waals surface area (Å²) in [6.45, 7) is 3.66. The monoisotopic (exact) mass is 473 g/mol. The molecule has 2 saturated heterocycles. The van der Waals surface area contributed by atoms with E-state index in [1.165, 1.54) is 64.7 Å². The Hall–Kier alpha value is -0.810. The first-order valence-electron chi connectivity index (χ1n) is 11.0. The first-order valence-corrected chi connectivity index (χ1v) is 12.0. The zero-order valence-electron chi connectivity index (χ0n) is 17.5. The maximum atomic E-state index is 6.99. The van der Waals surface area contributed by atoms with Crippen molar-refractivity contribution in [2.24, 2.45) is 0 Å². The van der Waals surface area contributed by atoms with Crippen molar-refractivity contribution in [3.8, 4) is 0 Å². The zero-order valence-corrected chi connectivity index (χ0v) is 19.9. The van der Waals surface area contributed by atoms with E-state index in [1.54, 1.807) is 0 Å². The minimum absolute atomic E-state index is 0. The number of hydrogen-bond donors (Lipinski definition) is 0. The van der Waals surface area contributed by atoms with Gasteiger partial charge in [0.1, 0.15) is 6.10 Å². The molecule has 3 heterocycles. The molecule has 0 amide bonds. The molecule has 2 aromatic rings. The minimum atomic E-state index is 0. The third kappa shape index (κ3) is 3.82. The fraction of sp³-hybridized carbons (Fsp3) is 0.520. The van der Waals surface area contributed by atoms with Crippen molar-refractivity contribution in [2.45, 2.75) is 74.0 Å². The van der Waals surface area contributed by atoms with E-state index in [2.05, 4.69) is 62.5 Å². The van der Waals surface area contributed by atoms with Crippen molar-refractivity contribution < 1.29 is 26.2 Å². The van der Waals surface area contributed by atoms with Crippen LogP contribution in [-0.4, -0.2) is 36.3 Å². The molecule has 2 bridgehead atoms. The van der Waals surface area contributed by atoms with Crippen molar-refractivity contribution in [1.82, 2.24) is 0 Å². The van der Waals surface area contributed by atoms with Crippen molar-refractivity contribution in [3.05, 3.63) is 65.2 Å². The van der Waals surface area contributed by atoms with Crippen LogP contribution in [-0.2, 0) is 10.5 Å². The van der Waals surface area contributed by atoms with Gasteiger partial charge in [-0.2, -0.15) is 0 Å². The molecule has 0 aliphatic carbocycles. The van der Waals surface area contributed by atoms with Gasteiger partial charge in [-0.1, -0.05) is 49.4 Å². The Kier molecular flexibility index (Phi) is 6.46. The lowest BCUT2D eigenvalue weighted by atomic mass is 9.94. The number of piperidine rings is 1. The second-order valence-corrected chi connectivity index (χ2v) is 10.1. The summed E-state index contributed by atoms with van der Waals surface area (Å²) < 4.78 is 8.29. The van der Waals surface area contributed by atoms with Crippen molar-refractivity contribution in [2.75, 3.05) is 13.6 Å². The summed E-state index contributed by atoms with van der Waals surface area (Å²) >= 11 is 1.95. The van der Waals surface area contributed by atoms with E-state index >= 15 is 0 Å². The van der Waals surface area contributed by atoms with Gasteiger partial charge in [0.25, 0.3) is 0 Å². The molecule has 3 unspecified atom stereocenters. The lowest BCUT2D eigenvalue weighted by molar-refractivity contribution is -0.949. The van der Waals surface area contributed by atoms with Gasteiger partial charge in [-0.05, 0) is 29.2 Å². The number of hydrogen-bond acceptors (Lipinski definition) is 2. The van der Waals surface area contributed by atoms with E-state index in [1.807, 2.05) is 11.8 Å². The molecule has 3 aliphatic heterocycles. The van der Waals surface area contributed by atoms with Crippen LogP contribution >= 0.6 is 11.8 Å². The van der Waals surface area contributed by atoms with E-state index in [4.69, 9.17) is 4.74 Å². The van der Waals surface area contributed by atoms with Crippen LogP contribution in [0.2, 0.25) is 0 Å². The number of halogens is 1. The number of benzene rings is 2. The maximum absolute atomic E-state index is 6.99. The van der Waals surface area contributed by atoms with Gasteiger partial charge < -0.3 is 26.2 Å². The molecule has 2 fully saturated rings. The van der Waals surface area contributed by atoms with E-state index in [9.17, 15) is 0 Å². The molecular weight excluding hydrogens is 442 g/mol. The molecule has 5 rings (SSSR count). The molecule has 2 nitrogen and oxygen atoms in total. The third-order valence-corrected chi connectivity index (χ3v) is 8.67. The molecule has 0 aromatic heterocycles. The third-order valence-electron chi connectivity index (χ3n) is 7.53. The summed E-state index contributed by atoms with van der Waals surface area (Å²) in [7, 11) is 2.51. The second-order valence-electron chi connectivity index (χ2n) is 9.09. The van der Waals surface area contributed by atoms with Gasteiger partial charge in [0, 0.05) is 36.3 Å². The van der Waals surface area contributed by atoms with E-state index < -0.39 is 0 Å². The SMILES string of the molecule is CCC[N+]1(C)C2CCC1CC(OC1c3ccccc3CSc3ccccc31)C2.[Br-]. The zero-order chi connectivity index (χ0) is 19.1. The largest absolute Gasteiger partial charge is 1.00 e. The molecule has 156 valence electrons. The molecule has 0 N–H and O–H groups in total. The van der Waals surface area contributed by atoms with Crippen LogP contribution in [0.5, 0.6) is 0 Å². The first-order chi connectivity index (χ1) is 13.7. The minimum Gasteiger partial charge on any atom is -1.00 e. The molecule has 2 aromatic carbocycles. The molecule has 3 atom stereocenters. The predicted octanol–water partition coefficient (Wildman–Crippen LogP) is 2.95. The topological polar surface area (TPSA) is 9.23 Å². The number of ether oxygens (including phenoxy) is 1. The Morgan fingerprint density at radius 1 is 0.966 bits per heavy atom.